The Morgan fingerprint density at radius 1 is 0.970 bits per heavy atom. The zero-order valence-electron chi connectivity index (χ0n) is 18.4. The van der Waals surface area contributed by atoms with E-state index < -0.39 is 11.0 Å². The monoisotopic (exact) mass is 509 g/mol. The van der Waals surface area contributed by atoms with Crippen LogP contribution in [0.4, 0.5) is 4.79 Å². The van der Waals surface area contributed by atoms with Crippen LogP contribution in [0, 0.1) is 0 Å². The van der Waals surface area contributed by atoms with Crippen LogP contribution in [0.15, 0.2) is 48.5 Å². The van der Waals surface area contributed by atoms with Crippen molar-refractivity contribution >= 4 is 40.2 Å². The summed E-state index contributed by atoms with van der Waals surface area (Å²) < 4.78 is 21.0. The maximum atomic E-state index is 12.5. The number of carbonyl (C=O) groups excluding carboxylic acids is 1. The third-order valence-electron chi connectivity index (χ3n) is 6.28. The maximum Gasteiger partial charge on any atom is 0.329 e. The number of halogens is 2. The van der Waals surface area contributed by atoms with Crippen molar-refractivity contribution < 1.29 is 13.7 Å². The van der Waals surface area contributed by atoms with Gasteiger partial charge in [-0.3, -0.25) is 9.62 Å². The molecule has 4 rings (SSSR count). The molecular weight excluding hydrogens is 481 g/mol. The number of benzene rings is 2. The van der Waals surface area contributed by atoms with E-state index in [1.165, 1.54) is 0 Å². The normalized spacial score (nSPS) is 19.3. The summed E-state index contributed by atoms with van der Waals surface area (Å²) in [6, 6.07) is 15.2. The summed E-state index contributed by atoms with van der Waals surface area (Å²) in [4.78, 5) is 16.8. The third-order valence-corrected chi connectivity index (χ3v) is 8.02. The standard InChI is InChI=1S/C24H29Cl2N3O3S/c25-22-7-6-21(16-23(22)26)32-20-10-14-28(15-11-20)19-8-12-29(13-9-19)24(30)27-33(31)17-18-4-2-1-3-5-18/h1-7,16,19-20H,8-15,17H2,(H,27,30). The van der Waals surface area contributed by atoms with E-state index in [9.17, 15) is 9.00 Å². The number of hydrogen-bond donors (Lipinski definition) is 1. The van der Waals surface area contributed by atoms with Gasteiger partial charge in [0, 0.05) is 38.3 Å². The van der Waals surface area contributed by atoms with Crippen LogP contribution >= 0.6 is 23.2 Å². The Morgan fingerprint density at radius 3 is 2.33 bits per heavy atom. The lowest BCUT2D eigenvalue weighted by Gasteiger charge is -2.41. The average molecular weight is 510 g/mol. The number of ether oxygens (including phenoxy) is 1. The molecular formula is C24H29Cl2N3O3S. The summed E-state index contributed by atoms with van der Waals surface area (Å²) in [6.45, 7) is 3.31. The Hall–Kier alpha value is -1.80. The predicted octanol–water partition coefficient (Wildman–Crippen LogP) is 4.87. The van der Waals surface area contributed by atoms with Gasteiger partial charge in [0.2, 0.25) is 0 Å². The first kappa shape index (κ1) is 24.3. The van der Waals surface area contributed by atoms with Gasteiger partial charge in [-0.25, -0.2) is 9.00 Å². The molecule has 2 fully saturated rings. The van der Waals surface area contributed by atoms with E-state index in [4.69, 9.17) is 27.9 Å². The van der Waals surface area contributed by atoms with E-state index in [1.54, 1.807) is 17.0 Å². The fourth-order valence-corrected chi connectivity index (χ4v) is 5.64. The van der Waals surface area contributed by atoms with Gasteiger partial charge in [-0.05, 0) is 43.4 Å². The van der Waals surface area contributed by atoms with Gasteiger partial charge in [-0.2, -0.15) is 0 Å². The Kier molecular flexibility index (Phi) is 8.52. The van der Waals surface area contributed by atoms with Crippen LogP contribution in [-0.2, 0) is 16.7 Å². The summed E-state index contributed by atoms with van der Waals surface area (Å²) in [5.74, 6) is 1.08. The third kappa shape index (κ3) is 6.85. The van der Waals surface area contributed by atoms with Gasteiger partial charge in [0.15, 0.2) is 0 Å². The molecule has 0 bridgehead atoms. The molecule has 0 aromatic heterocycles. The minimum absolute atomic E-state index is 0.170. The lowest BCUT2D eigenvalue weighted by molar-refractivity contribution is 0.0540. The van der Waals surface area contributed by atoms with Crippen molar-refractivity contribution in [1.29, 1.82) is 0 Å². The summed E-state index contributed by atoms with van der Waals surface area (Å²) in [5.41, 5.74) is 0.946. The molecule has 2 amide bonds. The molecule has 2 aromatic carbocycles. The van der Waals surface area contributed by atoms with Crippen LogP contribution in [0.5, 0.6) is 5.75 Å². The molecule has 178 valence electrons. The highest BCUT2D eigenvalue weighted by Gasteiger charge is 2.30. The number of urea groups is 1. The van der Waals surface area contributed by atoms with Gasteiger partial charge < -0.3 is 9.64 Å². The van der Waals surface area contributed by atoms with Gasteiger partial charge in [0.25, 0.3) is 0 Å². The fourth-order valence-electron chi connectivity index (χ4n) is 4.46. The van der Waals surface area contributed by atoms with E-state index in [0.717, 1.165) is 50.1 Å². The summed E-state index contributed by atoms with van der Waals surface area (Å²) in [7, 11) is -1.42. The summed E-state index contributed by atoms with van der Waals surface area (Å²) in [5, 5.41) is 1.03. The average Bonchev–Trinajstić information content (AvgIpc) is 2.82. The molecule has 0 spiro atoms. The molecule has 2 aromatic rings. The molecule has 2 heterocycles. The van der Waals surface area contributed by atoms with Crippen molar-refractivity contribution in [2.75, 3.05) is 26.2 Å². The van der Waals surface area contributed by atoms with Crippen LogP contribution in [0.25, 0.3) is 0 Å². The van der Waals surface area contributed by atoms with E-state index in [1.807, 2.05) is 36.4 Å². The second kappa shape index (κ2) is 11.6. The van der Waals surface area contributed by atoms with Crippen LogP contribution in [0.2, 0.25) is 10.0 Å². The van der Waals surface area contributed by atoms with Gasteiger partial charge in [-0.15, -0.1) is 0 Å². The number of amides is 2. The smallest absolute Gasteiger partial charge is 0.329 e. The Morgan fingerprint density at radius 2 is 1.67 bits per heavy atom. The topological polar surface area (TPSA) is 61.9 Å². The molecule has 1 atom stereocenters. The lowest BCUT2D eigenvalue weighted by Crippen LogP contribution is -2.52. The van der Waals surface area contributed by atoms with Gasteiger partial charge in [0.05, 0.1) is 15.8 Å². The first-order valence-corrected chi connectivity index (χ1v) is 13.4. The maximum absolute atomic E-state index is 12.5. The molecule has 0 saturated carbocycles. The van der Waals surface area contributed by atoms with E-state index >= 15 is 0 Å². The van der Waals surface area contributed by atoms with Crippen LogP contribution in [0.3, 0.4) is 0 Å². The molecule has 1 unspecified atom stereocenters. The van der Waals surface area contributed by atoms with Crippen molar-refractivity contribution in [2.24, 2.45) is 0 Å². The molecule has 0 radical (unpaired) electrons. The van der Waals surface area contributed by atoms with Crippen LogP contribution in [0.1, 0.15) is 31.2 Å². The number of rotatable bonds is 6. The second-order valence-electron chi connectivity index (χ2n) is 8.53. The van der Waals surface area contributed by atoms with Gasteiger partial charge >= 0.3 is 6.03 Å². The van der Waals surface area contributed by atoms with Gasteiger partial charge in [-0.1, -0.05) is 53.5 Å². The Labute approximate surface area is 207 Å². The van der Waals surface area contributed by atoms with Crippen LogP contribution in [-0.4, -0.2) is 58.4 Å². The van der Waals surface area contributed by atoms with Crippen molar-refractivity contribution in [1.82, 2.24) is 14.5 Å². The number of nitrogens with zero attached hydrogens (tertiary/aromatic N) is 2. The summed E-state index contributed by atoms with van der Waals surface area (Å²) in [6.07, 6.45) is 3.94. The van der Waals surface area contributed by atoms with Crippen molar-refractivity contribution in [3.05, 3.63) is 64.1 Å². The van der Waals surface area contributed by atoms with E-state index in [2.05, 4.69) is 9.62 Å². The molecule has 1 N–H and O–H groups in total. The number of carbonyl (C=O) groups is 1. The SMILES string of the molecule is O=C(NS(=O)Cc1ccccc1)N1CCC(N2CCC(Oc3ccc(Cl)c(Cl)c3)CC2)CC1. The minimum atomic E-state index is -1.42. The first-order valence-electron chi connectivity index (χ1n) is 11.3. The first-order chi connectivity index (χ1) is 16.0. The highest BCUT2D eigenvalue weighted by atomic mass is 35.5. The molecule has 9 heteroatoms. The Bertz CT molecular complexity index is 963. The lowest BCUT2D eigenvalue weighted by atomic mass is 9.99. The number of nitrogens with one attached hydrogen (secondary N) is 1. The minimum Gasteiger partial charge on any atom is -0.490 e. The predicted molar refractivity (Wildman–Crippen MR) is 133 cm³/mol. The Balaban J connectivity index is 1.17. The molecule has 2 saturated heterocycles. The molecule has 33 heavy (non-hydrogen) atoms. The van der Waals surface area contributed by atoms with Crippen molar-refractivity contribution in [3.8, 4) is 5.75 Å². The number of piperidine rings is 2. The van der Waals surface area contributed by atoms with E-state index in [-0.39, 0.29) is 12.1 Å². The molecule has 2 aliphatic rings. The second-order valence-corrected chi connectivity index (χ2v) is 10.5. The van der Waals surface area contributed by atoms with Crippen LogP contribution < -0.4 is 9.46 Å². The van der Waals surface area contributed by atoms with Crippen molar-refractivity contribution in [2.45, 2.75) is 43.6 Å². The fraction of sp³-hybridized carbons (Fsp3) is 0.458. The highest BCUT2D eigenvalue weighted by Crippen LogP contribution is 2.29. The highest BCUT2D eigenvalue weighted by molar-refractivity contribution is 7.82. The quantitative estimate of drug-likeness (QED) is 0.602. The van der Waals surface area contributed by atoms with Crippen molar-refractivity contribution in [3.63, 3.8) is 0 Å². The zero-order chi connectivity index (χ0) is 23.2. The largest absolute Gasteiger partial charge is 0.490 e. The molecule has 0 aliphatic carbocycles. The number of likely N-dealkylation sites (tertiary alicyclic amines) is 2. The van der Waals surface area contributed by atoms with Gasteiger partial charge in [0.1, 0.15) is 22.8 Å². The molecule has 6 nitrogen and oxygen atoms in total. The zero-order valence-corrected chi connectivity index (χ0v) is 20.7. The molecule has 2 aliphatic heterocycles. The van der Waals surface area contributed by atoms with E-state index in [0.29, 0.717) is 34.9 Å². The number of hydrogen-bond acceptors (Lipinski definition) is 4. The summed E-state index contributed by atoms with van der Waals surface area (Å²) >= 11 is 12.1.